The van der Waals surface area contributed by atoms with Crippen LogP contribution in [0.25, 0.3) is 0 Å². The number of para-hydroxylation sites is 1. The third-order valence-corrected chi connectivity index (χ3v) is 3.22. The van der Waals surface area contributed by atoms with Crippen LogP contribution in [0.3, 0.4) is 0 Å². The molecule has 2 aromatic rings. The molecule has 19 heavy (non-hydrogen) atoms. The van der Waals surface area contributed by atoms with E-state index in [0.29, 0.717) is 23.2 Å². The van der Waals surface area contributed by atoms with Gasteiger partial charge in [-0.2, -0.15) is 5.10 Å². The fourth-order valence-electron chi connectivity index (χ4n) is 1.70. The Balaban J connectivity index is 2.05. The maximum atomic E-state index is 11.1. The molecule has 0 aliphatic carbocycles. The molecule has 0 spiro atoms. The summed E-state index contributed by atoms with van der Waals surface area (Å²) in [6, 6.07) is 4.94. The topological polar surface area (TPSA) is 64.3 Å². The zero-order valence-electron chi connectivity index (χ0n) is 10.3. The molecule has 0 saturated heterocycles. The Labute approximate surface area is 118 Å². The van der Waals surface area contributed by atoms with Crippen LogP contribution in [-0.4, -0.2) is 27.5 Å². The summed E-state index contributed by atoms with van der Waals surface area (Å²) in [6.07, 6.45) is 4.34. The highest BCUT2D eigenvalue weighted by Gasteiger charge is 2.14. The van der Waals surface area contributed by atoms with Crippen molar-refractivity contribution >= 4 is 21.9 Å². The molecule has 0 fully saturated rings. The minimum absolute atomic E-state index is 0.153. The highest BCUT2D eigenvalue weighted by molar-refractivity contribution is 9.10. The van der Waals surface area contributed by atoms with Crippen molar-refractivity contribution in [3.8, 4) is 5.75 Å². The lowest BCUT2D eigenvalue weighted by Crippen LogP contribution is -2.06. The molecule has 1 aromatic carbocycles. The standard InChI is InChI=1S/C13H13BrN2O3/c1-16-8-9(7-15-16)5-6-19-12-10(13(17)18)3-2-4-11(12)14/h2-4,7-8H,5-6H2,1H3,(H,17,18). The summed E-state index contributed by atoms with van der Waals surface area (Å²) in [4.78, 5) is 11.1. The first-order chi connectivity index (χ1) is 9.08. The van der Waals surface area contributed by atoms with Crippen molar-refractivity contribution in [1.82, 2.24) is 9.78 Å². The number of aryl methyl sites for hydroxylation is 1. The Kier molecular flexibility index (Phi) is 4.21. The molecule has 1 aromatic heterocycles. The second kappa shape index (κ2) is 5.88. The van der Waals surface area contributed by atoms with E-state index in [-0.39, 0.29) is 5.56 Å². The molecular weight excluding hydrogens is 312 g/mol. The zero-order valence-corrected chi connectivity index (χ0v) is 11.9. The van der Waals surface area contributed by atoms with Crippen LogP contribution in [-0.2, 0) is 13.5 Å². The molecule has 0 atom stereocenters. The van der Waals surface area contributed by atoms with Gasteiger partial charge in [0.1, 0.15) is 11.3 Å². The first-order valence-electron chi connectivity index (χ1n) is 5.70. The van der Waals surface area contributed by atoms with Crippen molar-refractivity contribution in [2.45, 2.75) is 6.42 Å². The van der Waals surface area contributed by atoms with Crippen molar-refractivity contribution in [2.75, 3.05) is 6.61 Å². The molecule has 100 valence electrons. The average Bonchev–Trinajstić information content (AvgIpc) is 2.77. The SMILES string of the molecule is Cn1cc(CCOc2c(Br)cccc2C(=O)O)cn1. The molecule has 0 unspecified atom stereocenters. The first kappa shape index (κ1) is 13.6. The van der Waals surface area contributed by atoms with E-state index in [1.165, 1.54) is 6.07 Å². The van der Waals surface area contributed by atoms with Gasteiger partial charge in [0.15, 0.2) is 0 Å². The van der Waals surface area contributed by atoms with Crippen LogP contribution in [0.5, 0.6) is 5.75 Å². The molecule has 0 saturated carbocycles. The quantitative estimate of drug-likeness (QED) is 0.917. The molecule has 0 aliphatic heterocycles. The number of hydrogen-bond donors (Lipinski definition) is 1. The Bertz CT molecular complexity index is 595. The maximum Gasteiger partial charge on any atom is 0.339 e. The van der Waals surface area contributed by atoms with E-state index in [9.17, 15) is 4.79 Å². The van der Waals surface area contributed by atoms with Gasteiger partial charge in [-0.15, -0.1) is 0 Å². The number of aromatic nitrogens is 2. The molecule has 2 rings (SSSR count). The van der Waals surface area contributed by atoms with Crippen molar-refractivity contribution in [3.05, 3.63) is 46.2 Å². The monoisotopic (exact) mass is 324 g/mol. The van der Waals surface area contributed by atoms with Crippen molar-refractivity contribution in [1.29, 1.82) is 0 Å². The van der Waals surface area contributed by atoms with E-state index in [1.54, 1.807) is 23.0 Å². The second-order valence-corrected chi connectivity index (χ2v) is 4.90. The lowest BCUT2D eigenvalue weighted by Gasteiger charge is -2.10. The number of benzene rings is 1. The van der Waals surface area contributed by atoms with E-state index in [4.69, 9.17) is 9.84 Å². The van der Waals surface area contributed by atoms with E-state index in [1.807, 2.05) is 13.2 Å². The lowest BCUT2D eigenvalue weighted by atomic mass is 10.2. The Morgan fingerprint density at radius 2 is 2.32 bits per heavy atom. The van der Waals surface area contributed by atoms with Gasteiger partial charge in [-0.1, -0.05) is 6.07 Å². The molecule has 0 bridgehead atoms. The van der Waals surface area contributed by atoms with Gasteiger partial charge in [-0.3, -0.25) is 4.68 Å². The maximum absolute atomic E-state index is 11.1. The van der Waals surface area contributed by atoms with Gasteiger partial charge in [-0.05, 0) is 33.6 Å². The largest absolute Gasteiger partial charge is 0.491 e. The number of aromatic carboxylic acids is 1. The smallest absolute Gasteiger partial charge is 0.339 e. The van der Waals surface area contributed by atoms with Crippen LogP contribution >= 0.6 is 15.9 Å². The fraction of sp³-hybridized carbons (Fsp3) is 0.231. The molecule has 1 N–H and O–H groups in total. The fourth-order valence-corrected chi connectivity index (χ4v) is 2.18. The molecule has 0 radical (unpaired) electrons. The van der Waals surface area contributed by atoms with Crippen LogP contribution in [0.2, 0.25) is 0 Å². The number of rotatable bonds is 5. The van der Waals surface area contributed by atoms with E-state index in [0.717, 1.165) is 5.56 Å². The summed E-state index contributed by atoms with van der Waals surface area (Å²) in [6.45, 7) is 0.397. The summed E-state index contributed by atoms with van der Waals surface area (Å²) in [7, 11) is 1.85. The second-order valence-electron chi connectivity index (χ2n) is 4.04. The van der Waals surface area contributed by atoms with Crippen LogP contribution in [0.4, 0.5) is 0 Å². The van der Waals surface area contributed by atoms with Crippen LogP contribution < -0.4 is 4.74 Å². The number of halogens is 1. The zero-order chi connectivity index (χ0) is 13.8. The number of ether oxygens (including phenoxy) is 1. The molecule has 0 aliphatic rings. The predicted octanol–water partition coefficient (Wildman–Crippen LogP) is 2.50. The van der Waals surface area contributed by atoms with Crippen LogP contribution in [0.1, 0.15) is 15.9 Å². The van der Waals surface area contributed by atoms with Gasteiger partial charge in [0.2, 0.25) is 0 Å². The van der Waals surface area contributed by atoms with E-state index in [2.05, 4.69) is 21.0 Å². The number of carboxylic acid groups (broad SMARTS) is 1. The highest BCUT2D eigenvalue weighted by atomic mass is 79.9. The Morgan fingerprint density at radius 3 is 2.95 bits per heavy atom. The molecule has 6 heteroatoms. The molecule has 1 heterocycles. The van der Waals surface area contributed by atoms with Gasteiger partial charge in [0, 0.05) is 19.7 Å². The van der Waals surface area contributed by atoms with Crippen molar-refractivity contribution < 1.29 is 14.6 Å². The Hall–Kier alpha value is -1.82. The van der Waals surface area contributed by atoms with Crippen molar-refractivity contribution in [3.63, 3.8) is 0 Å². The summed E-state index contributed by atoms with van der Waals surface area (Å²) < 4.78 is 7.93. The average molecular weight is 325 g/mol. The predicted molar refractivity (Wildman–Crippen MR) is 73.5 cm³/mol. The Morgan fingerprint density at radius 1 is 1.53 bits per heavy atom. The third-order valence-electron chi connectivity index (χ3n) is 2.59. The summed E-state index contributed by atoms with van der Waals surface area (Å²) in [5.41, 5.74) is 1.20. The van der Waals surface area contributed by atoms with E-state index < -0.39 is 5.97 Å². The normalized spacial score (nSPS) is 10.4. The van der Waals surface area contributed by atoms with Gasteiger partial charge in [0.25, 0.3) is 0 Å². The van der Waals surface area contributed by atoms with Crippen LogP contribution in [0, 0.1) is 0 Å². The van der Waals surface area contributed by atoms with Gasteiger partial charge in [0.05, 0.1) is 17.3 Å². The minimum Gasteiger partial charge on any atom is -0.491 e. The first-order valence-corrected chi connectivity index (χ1v) is 6.49. The summed E-state index contributed by atoms with van der Waals surface area (Å²) in [5.74, 6) is -0.642. The minimum atomic E-state index is -1.00. The lowest BCUT2D eigenvalue weighted by molar-refractivity contribution is 0.0692. The number of hydrogen-bond acceptors (Lipinski definition) is 3. The number of carbonyl (C=O) groups is 1. The van der Waals surface area contributed by atoms with Crippen LogP contribution in [0.15, 0.2) is 35.1 Å². The van der Waals surface area contributed by atoms with Gasteiger partial charge in [-0.25, -0.2) is 4.79 Å². The summed E-state index contributed by atoms with van der Waals surface area (Å²) >= 11 is 3.30. The highest BCUT2D eigenvalue weighted by Crippen LogP contribution is 2.29. The number of carboxylic acids is 1. The molecule has 0 amide bonds. The summed E-state index contributed by atoms with van der Waals surface area (Å²) in [5, 5.41) is 13.2. The van der Waals surface area contributed by atoms with Crippen molar-refractivity contribution in [2.24, 2.45) is 7.05 Å². The van der Waals surface area contributed by atoms with E-state index >= 15 is 0 Å². The molecule has 5 nitrogen and oxygen atoms in total. The van der Waals surface area contributed by atoms with Gasteiger partial charge < -0.3 is 9.84 Å². The number of nitrogens with zero attached hydrogens (tertiary/aromatic N) is 2. The molecular formula is C13H13BrN2O3. The van der Waals surface area contributed by atoms with Gasteiger partial charge >= 0.3 is 5.97 Å². The third kappa shape index (κ3) is 3.35.